The Morgan fingerprint density at radius 3 is 2.21 bits per heavy atom. The van der Waals surface area contributed by atoms with Crippen LogP contribution >= 0.6 is 0 Å². The highest BCUT2D eigenvalue weighted by Gasteiger charge is 2.25. The summed E-state index contributed by atoms with van der Waals surface area (Å²) in [6.45, 7) is 2.34. The van der Waals surface area contributed by atoms with Gasteiger partial charge < -0.3 is 0 Å². The van der Waals surface area contributed by atoms with Gasteiger partial charge in [-0.05, 0) is 30.6 Å². The summed E-state index contributed by atoms with van der Waals surface area (Å²) in [4.78, 5) is 0. The van der Waals surface area contributed by atoms with E-state index in [0.717, 1.165) is 23.6 Å². The van der Waals surface area contributed by atoms with Crippen molar-refractivity contribution in [1.82, 2.24) is 0 Å². The largest absolute Gasteiger partial charge is 0.105 e. The Hall–Kier alpha value is -0.195. The van der Waals surface area contributed by atoms with Crippen LogP contribution in [-0.2, 0) is 0 Å². The normalized spacial score (nSPS) is 43.8. The Labute approximate surface area is 89.6 Å². The first-order valence-corrected chi connectivity index (χ1v) is 6.44. The van der Waals surface area contributed by atoms with Gasteiger partial charge in [-0.15, -0.1) is 0 Å². The monoisotopic (exact) mass is 190 g/mol. The maximum absolute atomic E-state index is 2.52. The Morgan fingerprint density at radius 1 is 0.929 bits per heavy atom. The van der Waals surface area contributed by atoms with E-state index >= 15 is 0 Å². The summed E-state index contributed by atoms with van der Waals surface area (Å²) in [6.07, 6.45) is 13.8. The quantitative estimate of drug-likeness (QED) is 0.440. The molecule has 0 radical (unpaired) electrons. The van der Waals surface area contributed by atoms with Gasteiger partial charge in [-0.1, -0.05) is 50.6 Å². The van der Waals surface area contributed by atoms with Crippen LogP contribution in [0.3, 0.4) is 0 Å². The minimum Gasteiger partial charge on any atom is -0.0854 e. The van der Waals surface area contributed by atoms with Gasteiger partial charge in [0.15, 0.2) is 0 Å². The van der Waals surface area contributed by atoms with Gasteiger partial charge in [0.2, 0.25) is 0 Å². The van der Waals surface area contributed by atoms with Gasteiger partial charge in [0.05, 0.1) is 0 Å². The molecule has 0 N–H and O–H groups in total. The van der Waals surface area contributed by atoms with Crippen LogP contribution in [0.25, 0.3) is 0 Å². The highest BCUT2D eigenvalue weighted by Crippen LogP contribution is 2.39. The van der Waals surface area contributed by atoms with Gasteiger partial charge in [-0.3, -0.25) is 0 Å². The van der Waals surface area contributed by atoms with Crippen molar-refractivity contribution in [2.75, 3.05) is 0 Å². The SMILES string of the molecule is BC1CCC(C2C=C[C@@H](C)CC2)CC1. The maximum atomic E-state index is 2.52. The van der Waals surface area contributed by atoms with Crippen LogP contribution < -0.4 is 0 Å². The molecule has 14 heavy (non-hydrogen) atoms. The second kappa shape index (κ2) is 4.55. The lowest BCUT2D eigenvalue weighted by molar-refractivity contribution is 0.259. The minimum absolute atomic E-state index is 0.841. The van der Waals surface area contributed by atoms with E-state index in [4.69, 9.17) is 0 Å². The molecule has 1 unspecified atom stereocenters. The Kier molecular flexibility index (Phi) is 3.36. The van der Waals surface area contributed by atoms with E-state index in [1.165, 1.54) is 38.5 Å². The van der Waals surface area contributed by atoms with Crippen molar-refractivity contribution < 1.29 is 0 Å². The molecule has 0 nitrogen and oxygen atoms in total. The third kappa shape index (κ3) is 2.43. The Balaban J connectivity index is 1.87. The molecule has 1 saturated carbocycles. The number of hydrogen-bond donors (Lipinski definition) is 0. The molecule has 2 aliphatic rings. The Morgan fingerprint density at radius 2 is 1.64 bits per heavy atom. The van der Waals surface area contributed by atoms with E-state index in [1.807, 2.05) is 0 Å². The lowest BCUT2D eigenvalue weighted by atomic mass is 9.67. The maximum Gasteiger partial charge on any atom is 0.105 e. The van der Waals surface area contributed by atoms with Gasteiger partial charge in [-0.25, -0.2) is 0 Å². The molecule has 0 amide bonds. The van der Waals surface area contributed by atoms with E-state index in [1.54, 1.807) is 0 Å². The van der Waals surface area contributed by atoms with E-state index in [-0.39, 0.29) is 0 Å². The summed E-state index contributed by atoms with van der Waals surface area (Å²) in [5.41, 5.74) is 0. The summed E-state index contributed by atoms with van der Waals surface area (Å²) >= 11 is 0. The first kappa shape index (κ1) is 10.3. The van der Waals surface area contributed by atoms with Crippen molar-refractivity contribution in [1.29, 1.82) is 0 Å². The second-order valence-electron chi connectivity index (χ2n) is 5.62. The van der Waals surface area contributed by atoms with Crippen LogP contribution in [0.15, 0.2) is 12.2 Å². The topological polar surface area (TPSA) is 0 Å². The van der Waals surface area contributed by atoms with E-state index < -0.39 is 0 Å². The van der Waals surface area contributed by atoms with Crippen LogP contribution in [0.4, 0.5) is 0 Å². The standard InChI is InChI=1S/C13H23B/c1-10-2-4-11(5-3-10)12-6-8-13(14)9-7-12/h2,4,10-13H,3,5-9,14H2,1H3/t10-,11?,12?,13?/m1/s1. The predicted octanol–water partition coefficient (Wildman–Crippen LogP) is 3.20. The van der Waals surface area contributed by atoms with Crippen LogP contribution in [0.5, 0.6) is 0 Å². The molecule has 78 valence electrons. The molecular formula is C13H23B. The van der Waals surface area contributed by atoms with Crippen molar-refractivity contribution in [2.45, 2.75) is 51.3 Å². The highest BCUT2D eigenvalue weighted by molar-refractivity contribution is 6.11. The van der Waals surface area contributed by atoms with Gasteiger partial charge in [0.1, 0.15) is 7.85 Å². The third-order valence-electron chi connectivity index (χ3n) is 4.31. The first-order chi connectivity index (χ1) is 6.75. The van der Waals surface area contributed by atoms with E-state index in [9.17, 15) is 0 Å². The number of hydrogen-bond acceptors (Lipinski definition) is 0. The zero-order chi connectivity index (χ0) is 9.97. The molecule has 1 fully saturated rings. The molecule has 0 spiro atoms. The minimum atomic E-state index is 0.841. The third-order valence-corrected chi connectivity index (χ3v) is 4.31. The van der Waals surface area contributed by atoms with Gasteiger partial charge >= 0.3 is 0 Å². The molecule has 0 aromatic rings. The fourth-order valence-corrected chi connectivity index (χ4v) is 3.09. The molecule has 0 aliphatic heterocycles. The fraction of sp³-hybridized carbons (Fsp3) is 0.846. The average molecular weight is 190 g/mol. The van der Waals surface area contributed by atoms with E-state index in [2.05, 4.69) is 26.9 Å². The lowest BCUT2D eigenvalue weighted by Crippen LogP contribution is -2.21. The van der Waals surface area contributed by atoms with Crippen LogP contribution in [-0.4, -0.2) is 7.85 Å². The molecule has 0 aromatic heterocycles. The molecule has 0 aromatic carbocycles. The summed E-state index contributed by atoms with van der Waals surface area (Å²) < 4.78 is 0. The van der Waals surface area contributed by atoms with Gasteiger partial charge in [0, 0.05) is 0 Å². The second-order valence-corrected chi connectivity index (χ2v) is 5.62. The smallest absolute Gasteiger partial charge is 0.0854 e. The number of allylic oxidation sites excluding steroid dienone is 2. The summed E-state index contributed by atoms with van der Waals surface area (Å²) in [6, 6.07) is 0. The summed E-state index contributed by atoms with van der Waals surface area (Å²) in [5, 5.41) is 0. The van der Waals surface area contributed by atoms with Gasteiger partial charge in [0.25, 0.3) is 0 Å². The molecule has 2 aliphatic carbocycles. The lowest BCUT2D eigenvalue weighted by Gasteiger charge is -2.33. The predicted molar refractivity (Wildman–Crippen MR) is 65.3 cm³/mol. The zero-order valence-corrected chi connectivity index (χ0v) is 9.71. The zero-order valence-electron chi connectivity index (χ0n) is 9.71. The molecule has 1 heteroatoms. The Bertz CT molecular complexity index is 201. The molecule has 0 saturated heterocycles. The average Bonchev–Trinajstić information content (AvgIpc) is 2.21. The van der Waals surface area contributed by atoms with Crippen molar-refractivity contribution in [3.05, 3.63) is 12.2 Å². The summed E-state index contributed by atoms with van der Waals surface area (Å²) in [7, 11) is 2.41. The number of rotatable bonds is 1. The molecule has 2 atom stereocenters. The van der Waals surface area contributed by atoms with Crippen LogP contribution in [0.1, 0.15) is 45.4 Å². The highest BCUT2D eigenvalue weighted by atomic mass is 14.3. The van der Waals surface area contributed by atoms with Crippen LogP contribution in [0.2, 0.25) is 5.82 Å². The molecule has 0 heterocycles. The first-order valence-electron chi connectivity index (χ1n) is 6.44. The fourth-order valence-electron chi connectivity index (χ4n) is 3.09. The summed E-state index contributed by atoms with van der Waals surface area (Å²) in [5.74, 6) is 3.79. The van der Waals surface area contributed by atoms with Gasteiger partial charge in [-0.2, -0.15) is 0 Å². The van der Waals surface area contributed by atoms with E-state index in [0.29, 0.717) is 0 Å². The van der Waals surface area contributed by atoms with Crippen molar-refractivity contribution in [2.24, 2.45) is 17.8 Å². The molecule has 2 rings (SSSR count). The van der Waals surface area contributed by atoms with Crippen molar-refractivity contribution >= 4 is 7.85 Å². The van der Waals surface area contributed by atoms with Crippen molar-refractivity contribution in [3.63, 3.8) is 0 Å². The van der Waals surface area contributed by atoms with Crippen molar-refractivity contribution in [3.8, 4) is 0 Å². The van der Waals surface area contributed by atoms with Crippen LogP contribution in [0, 0.1) is 17.8 Å². The molecular weight excluding hydrogens is 167 g/mol. The molecule has 0 bridgehead atoms.